The summed E-state index contributed by atoms with van der Waals surface area (Å²) in [4.78, 5) is 14.6. The van der Waals surface area contributed by atoms with E-state index in [1.807, 2.05) is 12.1 Å². The van der Waals surface area contributed by atoms with Crippen molar-refractivity contribution in [2.45, 2.75) is 39.2 Å². The van der Waals surface area contributed by atoms with E-state index in [-0.39, 0.29) is 18.9 Å². The first-order chi connectivity index (χ1) is 14.8. The average molecular weight is 464 g/mol. The van der Waals surface area contributed by atoms with Crippen LogP contribution in [0.3, 0.4) is 0 Å². The normalized spacial score (nSPS) is 14.0. The van der Waals surface area contributed by atoms with E-state index in [9.17, 15) is 13.2 Å². The molecule has 3 rings (SSSR count). The van der Waals surface area contributed by atoms with Crippen LogP contribution in [0.5, 0.6) is 0 Å². The lowest BCUT2D eigenvalue weighted by Crippen LogP contribution is -2.32. The third-order valence-electron chi connectivity index (χ3n) is 5.57. The molecule has 0 saturated carbocycles. The van der Waals surface area contributed by atoms with Crippen molar-refractivity contribution in [2.75, 3.05) is 35.1 Å². The minimum atomic E-state index is -3.48. The summed E-state index contributed by atoms with van der Waals surface area (Å²) in [5, 5.41) is 3.43. The number of carbonyl (C=O) groups excluding carboxylic acids is 1. The number of nitrogens with one attached hydrogen (secondary N) is 1. The van der Waals surface area contributed by atoms with Crippen molar-refractivity contribution in [1.82, 2.24) is 5.32 Å². The molecule has 0 radical (unpaired) electrons. The van der Waals surface area contributed by atoms with Gasteiger partial charge in [0.15, 0.2) is 0 Å². The predicted octanol–water partition coefficient (Wildman–Crippen LogP) is 4.11. The quantitative estimate of drug-likeness (QED) is 0.607. The van der Waals surface area contributed by atoms with E-state index in [1.165, 1.54) is 29.1 Å². The molecule has 1 saturated heterocycles. The zero-order valence-corrected chi connectivity index (χ0v) is 19.7. The van der Waals surface area contributed by atoms with E-state index in [1.54, 1.807) is 25.1 Å². The van der Waals surface area contributed by atoms with Crippen LogP contribution in [-0.2, 0) is 21.4 Å². The molecule has 1 N–H and O–H groups in total. The van der Waals surface area contributed by atoms with Crippen molar-refractivity contribution in [3.8, 4) is 0 Å². The van der Waals surface area contributed by atoms with Gasteiger partial charge in [-0.3, -0.25) is 9.10 Å². The van der Waals surface area contributed by atoms with Crippen LogP contribution in [0.15, 0.2) is 42.5 Å². The molecule has 2 aromatic rings. The van der Waals surface area contributed by atoms with Crippen LogP contribution in [0, 0.1) is 6.92 Å². The lowest BCUT2D eigenvalue weighted by Gasteiger charge is -2.24. The lowest BCUT2D eigenvalue weighted by molar-refractivity contribution is -0.121. The number of hydrogen-bond acceptors (Lipinski definition) is 4. The number of carbonyl (C=O) groups is 1. The van der Waals surface area contributed by atoms with Crippen LogP contribution >= 0.6 is 11.6 Å². The van der Waals surface area contributed by atoms with E-state index in [2.05, 4.69) is 22.3 Å². The molecule has 0 spiro atoms. The first-order valence-corrected chi connectivity index (χ1v) is 12.8. The molecule has 1 aliphatic rings. The molecule has 2 aromatic carbocycles. The topological polar surface area (TPSA) is 69.7 Å². The second kappa shape index (κ2) is 10.4. The van der Waals surface area contributed by atoms with Crippen LogP contribution in [0.2, 0.25) is 5.02 Å². The summed E-state index contributed by atoms with van der Waals surface area (Å²) < 4.78 is 25.9. The highest BCUT2D eigenvalue weighted by Crippen LogP contribution is 2.28. The maximum absolute atomic E-state index is 12.3. The molecule has 1 amide bonds. The smallest absolute Gasteiger partial charge is 0.232 e. The highest BCUT2D eigenvalue weighted by atomic mass is 35.5. The number of hydrogen-bond donors (Lipinski definition) is 1. The Balaban J connectivity index is 1.49. The summed E-state index contributed by atoms with van der Waals surface area (Å²) in [6.07, 6.45) is 4.31. The Bertz CT molecular complexity index is 1000. The van der Waals surface area contributed by atoms with Gasteiger partial charge in [0.1, 0.15) is 0 Å². The Morgan fingerprint density at radius 3 is 2.45 bits per heavy atom. The fourth-order valence-corrected chi connectivity index (χ4v) is 4.99. The Morgan fingerprint density at radius 1 is 1.13 bits per heavy atom. The second-order valence-electron chi connectivity index (χ2n) is 7.96. The Hall–Kier alpha value is -2.25. The third-order valence-corrected chi connectivity index (χ3v) is 7.16. The molecule has 1 heterocycles. The summed E-state index contributed by atoms with van der Waals surface area (Å²) in [6.45, 7) is 4.68. The van der Waals surface area contributed by atoms with Gasteiger partial charge in [0, 0.05) is 43.3 Å². The SMILES string of the molecule is Cc1c(Cl)cccc1N(CCCC(=O)NCc1ccc(N2CCCC2)cc1)S(C)(=O)=O. The molecular formula is C23H30ClN3O3S. The molecule has 1 fully saturated rings. The largest absolute Gasteiger partial charge is 0.372 e. The molecule has 0 bridgehead atoms. The van der Waals surface area contributed by atoms with E-state index >= 15 is 0 Å². The van der Waals surface area contributed by atoms with Crippen molar-refractivity contribution >= 4 is 38.9 Å². The minimum Gasteiger partial charge on any atom is -0.372 e. The van der Waals surface area contributed by atoms with Crippen LogP contribution in [-0.4, -0.2) is 40.2 Å². The van der Waals surface area contributed by atoms with Gasteiger partial charge >= 0.3 is 0 Å². The van der Waals surface area contributed by atoms with Gasteiger partial charge < -0.3 is 10.2 Å². The number of rotatable bonds is 9. The summed E-state index contributed by atoms with van der Waals surface area (Å²) >= 11 is 6.15. The zero-order chi connectivity index (χ0) is 22.4. The summed E-state index contributed by atoms with van der Waals surface area (Å²) in [5.74, 6) is -0.0973. The number of amides is 1. The monoisotopic (exact) mass is 463 g/mol. The van der Waals surface area contributed by atoms with Crippen LogP contribution in [0.25, 0.3) is 0 Å². The van der Waals surface area contributed by atoms with Crippen LogP contribution in [0.4, 0.5) is 11.4 Å². The number of sulfonamides is 1. The molecule has 168 valence electrons. The summed E-state index contributed by atoms with van der Waals surface area (Å²) in [5.41, 5.74) is 3.53. The predicted molar refractivity (Wildman–Crippen MR) is 127 cm³/mol. The second-order valence-corrected chi connectivity index (χ2v) is 10.3. The third kappa shape index (κ3) is 6.37. The molecule has 6 nitrogen and oxygen atoms in total. The molecule has 0 aromatic heterocycles. The summed E-state index contributed by atoms with van der Waals surface area (Å²) in [7, 11) is -3.48. The van der Waals surface area contributed by atoms with Crippen molar-refractivity contribution < 1.29 is 13.2 Å². The molecular weight excluding hydrogens is 434 g/mol. The van der Waals surface area contributed by atoms with E-state index in [0.717, 1.165) is 18.7 Å². The van der Waals surface area contributed by atoms with E-state index in [0.29, 0.717) is 29.2 Å². The van der Waals surface area contributed by atoms with Gasteiger partial charge in [-0.1, -0.05) is 29.8 Å². The van der Waals surface area contributed by atoms with Crippen LogP contribution in [0.1, 0.15) is 36.8 Å². The van der Waals surface area contributed by atoms with E-state index < -0.39 is 10.0 Å². The standard InChI is InChI=1S/C23H30ClN3O3S/c1-18-21(24)7-5-8-22(18)27(31(2,29)30)16-6-9-23(28)25-17-19-10-12-20(13-11-19)26-14-3-4-15-26/h5,7-8,10-13H,3-4,6,9,14-17H2,1-2H3,(H,25,28). The van der Waals surface area contributed by atoms with Crippen molar-refractivity contribution in [1.29, 1.82) is 0 Å². The molecule has 31 heavy (non-hydrogen) atoms. The Morgan fingerprint density at radius 2 is 1.81 bits per heavy atom. The van der Waals surface area contributed by atoms with Gasteiger partial charge in [0.25, 0.3) is 0 Å². The first-order valence-electron chi connectivity index (χ1n) is 10.6. The van der Waals surface area contributed by atoms with Gasteiger partial charge in [0.2, 0.25) is 15.9 Å². The maximum atomic E-state index is 12.3. The molecule has 0 aliphatic carbocycles. The maximum Gasteiger partial charge on any atom is 0.232 e. The number of nitrogens with zero attached hydrogens (tertiary/aromatic N) is 2. The average Bonchev–Trinajstić information content (AvgIpc) is 3.26. The highest BCUT2D eigenvalue weighted by molar-refractivity contribution is 7.92. The first kappa shape index (κ1) is 23.4. The Kier molecular flexibility index (Phi) is 7.84. The number of halogens is 1. The van der Waals surface area contributed by atoms with Crippen molar-refractivity contribution in [3.63, 3.8) is 0 Å². The number of benzene rings is 2. The van der Waals surface area contributed by atoms with Gasteiger partial charge in [-0.25, -0.2) is 8.42 Å². The fraction of sp³-hybridized carbons (Fsp3) is 0.435. The molecule has 8 heteroatoms. The molecule has 0 atom stereocenters. The number of anilines is 2. The van der Waals surface area contributed by atoms with Crippen molar-refractivity contribution in [2.24, 2.45) is 0 Å². The molecule has 0 unspecified atom stereocenters. The lowest BCUT2D eigenvalue weighted by atomic mass is 10.2. The molecule has 1 aliphatic heterocycles. The van der Waals surface area contributed by atoms with Crippen LogP contribution < -0.4 is 14.5 Å². The van der Waals surface area contributed by atoms with E-state index in [4.69, 9.17) is 11.6 Å². The van der Waals surface area contributed by atoms with Crippen molar-refractivity contribution in [3.05, 3.63) is 58.6 Å². The highest BCUT2D eigenvalue weighted by Gasteiger charge is 2.20. The van der Waals surface area contributed by atoms with Gasteiger partial charge in [-0.2, -0.15) is 0 Å². The fourth-order valence-electron chi connectivity index (χ4n) is 3.80. The summed E-state index contributed by atoms with van der Waals surface area (Å²) in [6, 6.07) is 13.5. The minimum absolute atomic E-state index is 0.0973. The van der Waals surface area contributed by atoms with Gasteiger partial charge in [0.05, 0.1) is 11.9 Å². The zero-order valence-electron chi connectivity index (χ0n) is 18.1. The Labute approximate surface area is 190 Å². The van der Waals surface area contributed by atoms with Gasteiger partial charge in [-0.15, -0.1) is 0 Å². The van der Waals surface area contributed by atoms with Gasteiger partial charge in [-0.05, 0) is 61.6 Å².